The monoisotopic (exact) mass is 327 g/mol. The Kier molecular flexibility index (Phi) is 7.26. The van der Waals surface area contributed by atoms with Crippen LogP contribution in [-0.4, -0.2) is 7.25 Å². The van der Waals surface area contributed by atoms with Crippen LogP contribution in [0.2, 0.25) is 0 Å². The topological polar surface area (TPSA) is 3.88 Å². The lowest BCUT2D eigenvalue weighted by atomic mass is 10.0. The van der Waals surface area contributed by atoms with Gasteiger partial charge in [0.15, 0.2) is 11.4 Å². The maximum atomic E-state index is 9.75. The molecule has 0 saturated heterocycles. The lowest BCUT2D eigenvalue weighted by Gasteiger charge is -2.07. The van der Waals surface area contributed by atoms with Crippen LogP contribution in [0.1, 0.15) is 31.2 Å². The molecule has 0 N–H and O–H groups in total. The largest absolute Gasteiger partial charge is 0.673 e. The zero-order valence-electron chi connectivity index (χ0n) is 13.7. The van der Waals surface area contributed by atoms with E-state index < -0.39 is 7.25 Å². The molecule has 0 fully saturated rings. The van der Waals surface area contributed by atoms with Gasteiger partial charge in [-0.15, -0.1) is 0 Å². The summed E-state index contributed by atoms with van der Waals surface area (Å²) in [6, 6.07) is 15.2. The van der Waals surface area contributed by atoms with E-state index in [0.717, 1.165) is 6.54 Å². The number of unbranched alkanes of at least 4 members (excludes halogenated alkanes) is 1. The molecule has 0 aliphatic rings. The van der Waals surface area contributed by atoms with Gasteiger partial charge in [0.25, 0.3) is 0 Å². The van der Waals surface area contributed by atoms with Crippen LogP contribution in [0, 0.1) is 13.8 Å². The average molecular weight is 327 g/mol. The van der Waals surface area contributed by atoms with Crippen molar-refractivity contribution >= 4 is 7.25 Å². The normalized spacial score (nSPS) is 10.9. The second-order valence-corrected chi connectivity index (χ2v) is 5.39. The first-order chi connectivity index (χ1) is 10.7. The molecular formula is C17H22BF4N. The molecule has 0 radical (unpaired) electrons. The predicted octanol–water partition coefficient (Wildman–Crippen LogP) is 5.36. The SMILES string of the molecule is CCCC[n+]1c(C)cc(-c2ccccc2)cc1C.F[B-](F)(F)F. The van der Waals surface area contributed by atoms with Crippen molar-refractivity contribution in [2.45, 2.75) is 40.2 Å². The first-order valence-corrected chi connectivity index (χ1v) is 7.66. The molecule has 0 unspecified atom stereocenters. The number of benzene rings is 1. The van der Waals surface area contributed by atoms with Gasteiger partial charge < -0.3 is 17.3 Å². The molecule has 1 aromatic carbocycles. The summed E-state index contributed by atoms with van der Waals surface area (Å²) in [7, 11) is -6.00. The van der Waals surface area contributed by atoms with Crippen LogP contribution < -0.4 is 4.57 Å². The molecule has 0 aliphatic heterocycles. The van der Waals surface area contributed by atoms with Gasteiger partial charge in [-0.05, 0) is 11.1 Å². The van der Waals surface area contributed by atoms with E-state index in [1.807, 2.05) is 0 Å². The molecule has 6 heteroatoms. The van der Waals surface area contributed by atoms with Crippen molar-refractivity contribution in [3.63, 3.8) is 0 Å². The molecule has 1 heterocycles. The van der Waals surface area contributed by atoms with Crippen molar-refractivity contribution in [3.05, 3.63) is 53.9 Å². The van der Waals surface area contributed by atoms with Crippen LogP contribution in [0.25, 0.3) is 11.1 Å². The Hall–Kier alpha value is -1.85. The molecule has 0 spiro atoms. The number of pyridine rings is 1. The maximum Gasteiger partial charge on any atom is 0.673 e. The highest BCUT2D eigenvalue weighted by Crippen LogP contribution is 2.19. The molecule has 2 rings (SSSR count). The zero-order valence-corrected chi connectivity index (χ0v) is 13.7. The van der Waals surface area contributed by atoms with Crippen molar-refractivity contribution in [3.8, 4) is 11.1 Å². The van der Waals surface area contributed by atoms with E-state index in [0.29, 0.717) is 0 Å². The van der Waals surface area contributed by atoms with Crippen LogP contribution in [0.5, 0.6) is 0 Å². The van der Waals surface area contributed by atoms with Gasteiger partial charge in [-0.3, -0.25) is 0 Å². The maximum absolute atomic E-state index is 9.75. The number of hydrogen-bond acceptors (Lipinski definition) is 0. The number of hydrogen-bond donors (Lipinski definition) is 0. The molecule has 0 aliphatic carbocycles. The van der Waals surface area contributed by atoms with E-state index in [1.54, 1.807) is 0 Å². The van der Waals surface area contributed by atoms with Gasteiger partial charge in [0.05, 0.1) is 0 Å². The minimum atomic E-state index is -6.00. The van der Waals surface area contributed by atoms with E-state index in [-0.39, 0.29) is 0 Å². The summed E-state index contributed by atoms with van der Waals surface area (Å²) in [4.78, 5) is 0. The van der Waals surface area contributed by atoms with E-state index in [2.05, 4.69) is 67.8 Å². The summed E-state index contributed by atoms with van der Waals surface area (Å²) in [5.74, 6) is 0. The summed E-state index contributed by atoms with van der Waals surface area (Å²) < 4.78 is 41.4. The highest BCUT2D eigenvalue weighted by atomic mass is 19.5. The van der Waals surface area contributed by atoms with Gasteiger partial charge in [-0.25, -0.2) is 4.57 Å². The molecule has 0 saturated carbocycles. The first kappa shape index (κ1) is 19.2. The minimum absolute atomic E-state index is 1.13. The summed E-state index contributed by atoms with van der Waals surface area (Å²) >= 11 is 0. The number of rotatable bonds is 4. The summed E-state index contributed by atoms with van der Waals surface area (Å²) in [6.07, 6.45) is 2.49. The standard InChI is InChI=1S/C17H22N.BF4/c1-4-5-11-18-14(2)12-17(13-15(18)3)16-9-7-6-8-10-16;2-1(3,4)5/h6-10,12-13H,4-5,11H2,1-3H3;/q+1;-1. The number of nitrogens with zero attached hydrogens (tertiary/aromatic N) is 1. The summed E-state index contributed by atoms with van der Waals surface area (Å²) in [5.41, 5.74) is 5.31. The van der Waals surface area contributed by atoms with Crippen molar-refractivity contribution in [1.82, 2.24) is 0 Å². The second kappa shape index (κ2) is 8.70. The second-order valence-electron chi connectivity index (χ2n) is 5.39. The van der Waals surface area contributed by atoms with Crippen LogP contribution in [0.3, 0.4) is 0 Å². The lowest BCUT2D eigenvalue weighted by molar-refractivity contribution is -0.708. The fourth-order valence-corrected chi connectivity index (χ4v) is 2.39. The third-order valence-corrected chi connectivity index (χ3v) is 3.42. The molecule has 0 atom stereocenters. The van der Waals surface area contributed by atoms with E-state index in [1.165, 1.54) is 35.4 Å². The van der Waals surface area contributed by atoms with Crippen molar-refractivity contribution in [2.24, 2.45) is 0 Å². The summed E-state index contributed by atoms with van der Waals surface area (Å²) in [5, 5.41) is 0. The first-order valence-electron chi connectivity index (χ1n) is 7.66. The Bertz CT molecular complexity index is 583. The third kappa shape index (κ3) is 7.31. The van der Waals surface area contributed by atoms with Crippen LogP contribution in [0.15, 0.2) is 42.5 Å². The highest BCUT2D eigenvalue weighted by Gasteiger charge is 2.20. The minimum Gasteiger partial charge on any atom is -0.418 e. The smallest absolute Gasteiger partial charge is 0.418 e. The van der Waals surface area contributed by atoms with Gasteiger partial charge >= 0.3 is 7.25 Å². The Morgan fingerprint density at radius 2 is 1.35 bits per heavy atom. The molecule has 1 nitrogen and oxygen atoms in total. The molecule has 23 heavy (non-hydrogen) atoms. The molecule has 2 aromatic rings. The highest BCUT2D eigenvalue weighted by molar-refractivity contribution is 6.50. The molecule has 0 amide bonds. The van der Waals surface area contributed by atoms with Gasteiger partial charge in [0.2, 0.25) is 0 Å². The van der Waals surface area contributed by atoms with Crippen molar-refractivity contribution < 1.29 is 21.8 Å². The Balaban J connectivity index is 0.000000463. The molecule has 126 valence electrons. The van der Waals surface area contributed by atoms with Crippen molar-refractivity contribution in [2.75, 3.05) is 0 Å². The Morgan fingerprint density at radius 1 is 0.870 bits per heavy atom. The predicted molar refractivity (Wildman–Crippen MR) is 86.6 cm³/mol. The zero-order chi connectivity index (χ0) is 17.5. The number of halogens is 4. The van der Waals surface area contributed by atoms with E-state index >= 15 is 0 Å². The lowest BCUT2D eigenvalue weighted by Crippen LogP contribution is -2.40. The van der Waals surface area contributed by atoms with Crippen LogP contribution in [-0.2, 0) is 6.54 Å². The average Bonchev–Trinajstić information content (AvgIpc) is 2.45. The van der Waals surface area contributed by atoms with Crippen molar-refractivity contribution in [1.29, 1.82) is 0 Å². The Morgan fingerprint density at radius 3 is 1.78 bits per heavy atom. The molecular weight excluding hydrogens is 305 g/mol. The number of aryl methyl sites for hydroxylation is 2. The van der Waals surface area contributed by atoms with Gasteiger partial charge in [-0.1, -0.05) is 43.7 Å². The fraction of sp³-hybridized carbons (Fsp3) is 0.353. The van der Waals surface area contributed by atoms with Gasteiger partial charge in [0, 0.05) is 32.4 Å². The fourth-order valence-electron chi connectivity index (χ4n) is 2.39. The third-order valence-electron chi connectivity index (χ3n) is 3.42. The quantitative estimate of drug-likeness (QED) is 0.404. The molecule has 1 aromatic heterocycles. The number of aromatic nitrogens is 1. The van der Waals surface area contributed by atoms with E-state index in [4.69, 9.17) is 0 Å². The van der Waals surface area contributed by atoms with Gasteiger partial charge in [-0.2, -0.15) is 0 Å². The van der Waals surface area contributed by atoms with E-state index in [9.17, 15) is 17.3 Å². The summed E-state index contributed by atoms with van der Waals surface area (Å²) in [6.45, 7) is 7.77. The van der Waals surface area contributed by atoms with Gasteiger partial charge in [0.1, 0.15) is 6.54 Å². The van der Waals surface area contributed by atoms with Crippen LogP contribution >= 0.6 is 0 Å². The van der Waals surface area contributed by atoms with Crippen LogP contribution in [0.4, 0.5) is 17.3 Å². The molecule has 0 bridgehead atoms. The Labute approximate surface area is 135 Å².